The van der Waals surface area contributed by atoms with Crippen LogP contribution in [0.3, 0.4) is 0 Å². The number of esters is 1. The minimum Gasteiger partial charge on any atom is -0.459 e. The second kappa shape index (κ2) is 5.87. The predicted molar refractivity (Wildman–Crippen MR) is 82.9 cm³/mol. The van der Waals surface area contributed by atoms with E-state index in [9.17, 15) is 14.4 Å². The molecule has 1 aromatic carbocycles. The monoisotopic (exact) mass is 315 g/mol. The molecule has 120 valence electrons. The zero-order chi connectivity index (χ0) is 16.6. The van der Waals surface area contributed by atoms with Gasteiger partial charge in [0.2, 0.25) is 5.91 Å². The smallest absolute Gasteiger partial charge is 0.336 e. The first-order valence-electron chi connectivity index (χ1n) is 7.44. The molecule has 1 N–H and O–H groups in total. The lowest BCUT2D eigenvalue weighted by Crippen LogP contribution is -2.34. The average Bonchev–Trinajstić information content (AvgIpc) is 2.93. The summed E-state index contributed by atoms with van der Waals surface area (Å²) in [6, 6.07) is 4.44. The van der Waals surface area contributed by atoms with Gasteiger partial charge in [-0.2, -0.15) is 0 Å². The van der Waals surface area contributed by atoms with Crippen molar-refractivity contribution in [3.05, 3.63) is 45.3 Å². The molecule has 1 aliphatic rings. The quantitative estimate of drug-likeness (QED) is 0.688. The number of amides is 1. The van der Waals surface area contributed by atoms with Gasteiger partial charge in [0.15, 0.2) is 0 Å². The number of nitrogens with one attached hydrogen (secondary N) is 1. The summed E-state index contributed by atoms with van der Waals surface area (Å²) in [6.45, 7) is 3.86. The van der Waals surface area contributed by atoms with Crippen LogP contribution in [0.25, 0.3) is 11.0 Å². The molecular formula is C17H17NO5. The number of hydrogen-bond donors (Lipinski definition) is 1. The highest BCUT2D eigenvalue weighted by molar-refractivity contribution is 5.88. The van der Waals surface area contributed by atoms with Crippen molar-refractivity contribution in [2.24, 2.45) is 0 Å². The number of ether oxygens (including phenoxy) is 1. The maximum absolute atomic E-state index is 12.0. The molecule has 0 saturated carbocycles. The highest BCUT2D eigenvalue weighted by Gasteiger charge is 2.28. The van der Waals surface area contributed by atoms with Crippen molar-refractivity contribution >= 4 is 22.8 Å². The summed E-state index contributed by atoms with van der Waals surface area (Å²) in [5.41, 5.74) is 2.66. The Labute approximate surface area is 132 Å². The van der Waals surface area contributed by atoms with Crippen LogP contribution in [0.15, 0.2) is 27.4 Å². The third-order valence-electron chi connectivity index (χ3n) is 4.09. The molecule has 1 saturated heterocycles. The molecule has 0 unspecified atom stereocenters. The van der Waals surface area contributed by atoms with Crippen molar-refractivity contribution in [1.29, 1.82) is 0 Å². The summed E-state index contributed by atoms with van der Waals surface area (Å²) in [4.78, 5) is 34.8. The Kier molecular flexibility index (Phi) is 3.90. The minimum atomic E-state index is -0.599. The van der Waals surface area contributed by atoms with Gasteiger partial charge < -0.3 is 14.5 Å². The van der Waals surface area contributed by atoms with Crippen molar-refractivity contribution in [1.82, 2.24) is 5.32 Å². The zero-order valence-electron chi connectivity index (χ0n) is 13.0. The molecule has 6 nitrogen and oxygen atoms in total. The third kappa shape index (κ3) is 3.11. The van der Waals surface area contributed by atoms with E-state index in [1.165, 1.54) is 6.07 Å². The van der Waals surface area contributed by atoms with Gasteiger partial charge in [-0.1, -0.05) is 0 Å². The van der Waals surface area contributed by atoms with E-state index in [1.54, 1.807) is 6.07 Å². The van der Waals surface area contributed by atoms with Gasteiger partial charge in [-0.05, 0) is 43.5 Å². The number of fused-ring (bicyclic) bond motifs is 1. The Morgan fingerprint density at radius 3 is 2.70 bits per heavy atom. The largest absolute Gasteiger partial charge is 0.459 e. The van der Waals surface area contributed by atoms with E-state index in [0.717, 1.165) is 16.5 Å². The number of rotatable bonds is 3. The van der Waals surface area contributed by atoms with E-state index >= 15 is 0 Å². The first kappa shape index (κ1) is 15.3. The fourth-order valence-electron chi connectivity index (χ4n) is 2.64. The molecule has 1 aliphatic heterocycles. The van der Waals surface area contributed by atoms with Crippen LogP contribution in [0.4, 0.5) is 0 Å². The lowest BCUT2D eigenvalue weighted by atomic mass is 10.0. The molecule has 0 spiro atoms. The van der Waals surface area contributed by atoms with Gasteiger partial charge in [0.1, 0.15) is 18.2 Å². The predicted octanol–water partition coefficient (Wildman–Crippen LogP) is 1.73. The Balaban J connectivity index is 1.85. The van der Waals surface area contributed by atoms with Gasteiger partial charge in [0, 0.05) is 23.4 Å². The van der Waals surface area contributed by atoms with Gasteiger partial charge in [0.05, 0.1) is 0 Å². The van der Waals surface area contributed by atoms with Crippen molar-refractivity contribution in [2.45, 2.75) is 39.3 Å². The molecule has 2 aromatic rings. The van der Waals surface area contributed by atoms with Crippen LogP contribution in [0.2, 0.25) is 0 Å². The Hall–Kier alpha value is -2.63. The molecule has 3 rings (SSSR count). The molecule has 23 heavy (non-hydrogen) atoms. The van der Waals surface area contributed by atoms with Crippen molar-refractivity contribution in [3.8, 4) is 0 Å². The molecule has 2 heterocycles. The fourth-order valence-corrected chi connectivity index (χ4v) is 2.64. The molecule has 1 atom stereocenters. The molecule has 1 amide bonds. The van der Waals surface area contributed by atoms with Gasteiger partial charge in [-0.15, -0.1) is 0 Å². The van der Waals surface area contributed by atoms with Crippen molar-refractivity contribution in [2.75, 3.05) is 0 Å². The SMILES string of the molecule is Cc1cc2oc(=O)cc(COC(=O)[C@H]3CCC(=O)N3)c2cc1C. The molecule has 0 radical (unpaired) electrons. The lowest BCUT2D eigenvalue weighted by molar-refractivity contribution is -0.147. The Morgan fingerprint density at radius 1 is 1.26 bits per heavy atom. The Morgan fingerprint density at radius 2 is 2.00 bits per heavy atom. The van der Waals surface area contributed by atoms with E-state index in [2.05, 4.69) is 5.32 Å². The number of benzene rings is 1. The summed E-state index contributed by atoms with van der Waals surface area (Å²) in [5, 5.41) is 3.31. The van der Waals surface area contributed by atoms with Gasteiger partial charge in [-0.25, -0.2) is 9.59 Å². The van der Waals surface area contributed by atoms with Gasteiger partial charge in [-0.3, -0.25) is 4.79 Å². The minimum absolute atomic E-state index is 0.0319. The second-order valence-electron chi connectivity index (χ2n) is 5.79. The zero-order valence-corrected chi connectivity index (χ0v) is 13.0. The van der Waals surface area contributed by atoms with Crippen LogP contribution in [0.5, 0.6) is 0 Å². The average molecular weight is 315 g/mol. The summed E-state index contributed by atoms with van der Waals surface area (Å²) < 4.78 is 10.5. The van der Waals surface area contributed by atoms with Crippen LogP contribution >= 0.6 is 0 Å². The lowest BCUT2D eigenvalue weighted by Gasteiger charge is -2.12. The summed E-state index contributed by atoms with van der Waals surface area (Å²) in [6.07, 6.45) is 0.768. The van der Waals surface area contributed by atoms with Gasteiger partial charge >= 0.3 is 11.6 Å². The normalized spacial score (nSPS) is 17.3. The topological polar surface area (TPSA) is 85.6 Å². The summed E-state index contributed by atoms with van der Waals surface area (Å²) >= 11 is 0. The van der Waals surface area contributed by atoms with E-state index in [-0.39, 0.29) is 12.5 Å². The highest BCUT2D eigenvalue weighted by atomic mass is 16.5. The third-order valence-corrected chi connectivity index (χ3v) is 4.09. The maximum atomic E-state index is 12.0. The summed E-state index contributed by atoms with van der Waals surface area (Å²) in [5.74, 6) is -0.634. The van der Waals surface area contributed by atoms with Crippen molar-refractivity contribution in [3.63, 3.8) is 0 Å². The van der Waals surface area contributed by atoms with E-state index in [1.807, 2.05) is 19.9 Å². The van der Waals surface area contributed by atoms with Crippen molar-refractivity contribution < 1.29 is 18.7 Å². The highest BCUT2D eigenvalue weighted by Crippen LogP contribution is 2.22. The number of carbonyl (C=O) groups is 2. The van der Waals surface area contributed by atoms with Crippen LogP contribution in [0.1, 0.15) is 29.5 Å². The molecule has 0 aliphatic carbocycles. The Bertz CT molecular complexity index is 852. The van der Waals surface area contributed by atoms with E-state index < -0.39 is 17.6 Å². The van der Waals surface area contributed by atoms with E-state index in [4.69, 9.17) is 9.15 Å². The molecule has 0 bridgehead atoms. The van der Waals surface area contributed by atoms with Crippen LogP contribution in [0, 0.1) is 13.8 Å². The maximum Gasteiger partial charge on any atom is 0.336 e. The number of carbonyl (C=O) groups excluding carboxylic acids is 2. The number of aryl methyl sites for hydroxylation is 2. The molecule has 1 aromatic heterocycles. The second-order valence-corrected chi connectivity index (χ2v) is 5.79. The standard InChI is InChI=1S/C17H17NO5/c1-9-5-12-11(7-16(20)23-14(12)6-10(9)2)8-22-17(21)13-3-4-15(19)18-13/h5-7,13H,3-4,8H2,1-2H3,(H,18,19)/t13-/m1/s1. The fraction of sp³-hybridized carbons (Fsp3) is 0.353. The van der Waals surface area contributed by atoms with Crippen LogP contribution in [-0.4, -0.2) is 17.9 Å². The molecular weight excluding hydrogens is 298 g/mol. The molecule has 6 heteroatoms. The van der Waals surface area contributed by atoms with Crippen LogP contribution < -0.4 is 10.9 Å². The number of hydrogen-bond acceptors (Lipinski definition) is 5. The first-order valence-corrected chi connectivity index (χ1v) is 7.44. The van der Waals surface area contributed by atoms with Gasteiger partial charge in [0.25, 0.3) is 0 Å². The molecule has 1 fully saturated rings. The van der Waals surface area contributed by atoms with Crippen LogP contribution in [-0.2, 0) is 20.9 Å². The first-order chi connectivity index (χ1) is 10.9. The summed E-state index contributed by atoms with van der Waals surface area (Å²) in [7, 11) is 0. The van der Waals surface area contributed by atoms with E-state index in [0.29, 0.717) is 24.0 Å².